The van der Waals surface area contributed by atoms with Crippen LogP contribution in [0.1, 0.15) is 38.2 Å². The molecule has 1 fully saturated rings. The van der Waals surface area contributed by atoms with Crippen molar-refractivity contribution < 1.29 is 14.3 Å². The zero-order valence-corrected chi connectivity index (χ0v) is 14.0. The van der Waals surface area contributed by atoms with Gasteiger partial charge in [-0.25, -0.2) is 0 Å². The van der Waals surface area contributed by atoms with Crippen molar-refractivity contribution >= 4 is 11.8 Å². The largest absolute Gasteiger partial charge is 0.497 e. The number of ether oxygens (including phenoxy) is 1. The molecule has 2 amide bonds. The van der Waals surface area contributed by atoms with Gasteiger partial charge in [0.15, 0.2) is 0 Å². The van der Waals surface area contributed by atoms with Crippen molar-refractivity contribution in [2.45, 2.75) is 39.0 Å². The van der Waals surface area contributed by atoms with Crippen molar-refractivity contribution in [2.24, 2.45) is 5.41 Å². The van der Waals surface area contributed by atoms with Crippen molar-refractivity contribution in [1.82, 2.24) is 10.6 Å². The van der Waals surface area contributed by atoms with E-state index < -0.39 is 5.41 Å². The van der Waals surface area contributed by atoms with Crippen LogP contribution < -0.4 is 15.4 Å². The molecule has 1 aromatic carbocycles. The molecule has 1 saturated carbocycles. The Hall–Kier alpha value is -2.04. The molecule has 0 bridgehead atoms. The summed E-state index contributed by atoms with van der Waals surface area (Å²) in [6.07, 6.45) is 4.02. The minimum absolute atomic E-state index is 0.118. The second-order valence-corrected chi connectivity index (χ2v) is 6.05. The van der Waals surface area contributed by atoms with Crippen LogP contribution in [0.5, 0.6) is 5.75 Å². The molecule has 2 rings (SSSR count). The maximum Gasteiger partial charge on any atom is 0.235 e. The molecule has 0 heterocycles. The summed E-state index contributed by atoms with van der Waals surface area (Å²) in [6.45, 7) is 3.26. The van der Waals surface area contributed by atoms with Gasteiger partial charge < -0.3 is 15.4 Å². The first-order chi connectivity index (χ1) is 11.1. The third-order valence-corrected chi connectivity index (χ3v) is 4.29. The predicted molar refractivity (Wildman–Crippen MR) is 89.3 cm³/mol. The van der Waals surface area contributed by atoms with Crippen molar-refractivity contribution in [2.75, 3.05) is 20.2 Å². The van der Waals surface area contributed by atoms with Crippen LogP contribution in [-0.2, 0) is 16.0 Å². The van der Waals surface area contributed by atoms with E-state index in [1.165, 1.54) is 0 Å². The lowest BCUT2D eigenvalue weighted by molar-refractivity contribution is -0.137. The fourth-order valence-electron chi connectivity index (χ4n) is 2.51. The molecule has 0 aromatic heterocycles. The highest BCUT2D eigenvalue weighted by Crippen LogP contribution is 2.46. The molecule has 1 aromatic rings. The zero-order chi connectivity index (χ0) is 16.7. The minimum Gasteiger partial charge on any atom is -0.497 e. The van der Waals surface area contributed by atoms with E-state index in [4.69, 9.17) is 4.74 Å². The van der Waals surface area contributed by atoms with Crippen LogP contribution in [0.4, 0.5) is 0 Å². The molecule has 5 heteroatoms. The van der Waals surface area contributed by atoms with Crippen LogP contribution in [0.2, 0.25) is 0 Å². The maximum atomic E-state index is 12.3. The topological polar surface area (TPSA) is 67.4 Å². The molecule has 1 aliphatic carbocycles. The van der Waals surface area contributed by atoms with Gasteiger partial charge in [-0.3, -0.25) is 9.59 Å². The standard InChI is InChI=1S/C18H26N2O3/c1-3-4-12-19-16(21)18(10-11-18)17(22)20-13-9-14-5-7-15(23-2)8-6-14/h5-8H,3-4,9-13H2,1-2H3,(H,19,21)(H,20,22). The van der Waals surface area contributed by atoms with Gasteiger partial charge in [-0.1, -0.05) is 25.5 Å². The molecule has 0 atom stereocenters. The first-order valence-corrected chi connectivity index (χ1v) is 8.32. The number of nitrogens with one attached hydrogen (secondary N) is 2. The van der Waals surface area contributed by atoms with Crippen LogP contribution in [0, 0.1) is 5.41 Å². The Morgan fingerprint density at radius 2 is 1.70 bits per heavy atom. The SMILES string of the molecule is CCCCNC(=O)C1(C(=O)NCCc2ccc(OC)cc2)CC1. The van der Waals surface area contributed by atoms with Gasteiger partial charge in [-0.2, -0.15) is 0 Å². The third kappa shape index (κ3) is 4.47. The maximum absolute atomic E-state index is 12.3. The second-order valence-electron chi connectivity index (χ2n) is 6.05. The average Bonchev–Trinajstić information content (AvgIpc) is 3.37. The molecule has 0 radical (unpaired) electrons. The monoisotopic (exact) mass is 318 g/mol. The summed E-state index contributed by atoms with van der Waals surface area (Å²) in [7, 11) is 1.63. The molecule has 1 aliphatic rings. The summed E-state index contributed by atoms with van der Waals surface area (Å²) < 4.78 is 5.12. The third-order valence-electron chi connectivity index (χ3n) is 4.29. The average molecular weight is 318 g/mol. The summed E-state index contributed by atoms with van der Waals surface area (Å²) in [4.78, 5) is 24.5. The van der Waals surface area contributed by atoms with Gasteiger partial charge in [0, 0.05) is 13.1 Å². The number of carbonyl (C=O) groups is 2. The van der Waals surface area contributed by atoms with Crippen LogP contribution in [0.3, 0.4) is 0 Å². The predicted octanol–water partition coefficient (Wildman–Crippen LogP) is 2.05. The molecular weight excluding hydrogens is 292 g/mol. The highest BCUT2D eigenvalue weighted by molar-refractivity contribution is 6.07. The summed E-state index contributed by atoms with van der Waals surface area (Å²) >= 11 is 0. The van der Waals surface area contributed by atoms with E-state index in [2.05, 4.69) is 17.6 Å². The Bertz CT molecular complexity index is 536. The molecule has 126 valence electrons. The Balaban J connectivity index is 1.76. The van der Waals surface area contributed by atoms with E-state index in [9.17, 15) is 9.59 Å². The summed E-state index contributed by atoms with van der Waals surface area (Å²) in [5, 5.41) is 5.78. The molecule has 0 saturated heterocycles. The quantitative estimate of drug-likeness (QED) is 0.541. The summed E-state index contributed by atoms with van der Waals surface area (Å²) in [5.41, 5.74) is 0.316. The van der Waals surface area contributed by atoms with Gasteiger partial charge in [0.05, 0.1) is 7.11 Å². The lowest BCUT2D eigenvalue weighted by Gasteiger charge is -2.15. The van der Waals surface area contributed by atoms with E-state index in [-0.39, 0.29) is 11.8 Å². The van der Waals surface area contributed by atoms with E-state index >= 15 is 0 Å². The summed E-state index contributed by atoms with van der Waals surface area (Å²) in [5.74, 6) is 0.561. The fraction of sp³-hybridized carbons (Fsp3) is 0.556. The number of amides is 2. The van der Waals surface area contributed by atoms with Gasteiger partial charge in [0.1, 0.15) is 11.2 Å². The number of benzene rings is 1. The minimum atomic E-state index is -0.812. The Kier molecular flexibility index (Phi) is 6.02. The van der Waals surface area contributed by atoms with Crippen LogP contribution in [0.15, 0.2) is 24.3 Å². The van der Waals surface area contributed by atoms with Gasteiger partial charge in [-0.15, -0.1) is 0 Å². The highest BCUT2D eigenvalue weighted by Gasteiger charge is 2.56. The zero-order valence-electron chi connectivity index (χ0n) is 14.0. The van der Waals surface area contributed by atoms with Crippen molar-refractivity contribution in [1.29, 1.82) is 0 Å². The molecule has 23 heavy (non-hydrogen) atoms. The van der Waals surface area contributed by atoms with E-state index in [0.29, 0.717) is 25.9 Å². The first-order valence-electron chi connectivity index (χ1n) is 8.32. The lowest BCUT2D eigenvalue weighted by Crippen LogP contribution is -2.43. The molecule has 0 unspecified atom stereocenters. The molecule has 2 N–H and O–H groups in total. The smallest absolute Gasteiger partial charge is 0.235 e. The number of unbranched alkanes of at least 4 members (excludes halogenated alkanes) is 1. The Morgan fingerprint density at radius 3 is 2.22 bits per heavy atom. The Labute approximate surface area is 137 Å². The number of carbonyl (C=O) groups excluding carboxylic acids is 2. The van der Waals surface area contributed by atoms with E-state index in [1.807, 2.05) is 24.3 Å². The van der Waals surface area contributed by atoms with Crippen molar-refractivity contribution in [3.8, 4) is 5.75 Å². The van der Waals surface area contributed by atoms with Crippen molar-refractivity contribution in [3.63, 3.8) is 0 Å². The number of methoxy groups -OCH3 is 1. The second kappa shape index (κ2) is 7.99. The van der Waals surface area contributed by atoms with Gasteiger partial charge >= 0.3 is 0 Å². The number of hydrogen-bond donors (Lipinski definition) is 2. The molecule has 0 aliphatic heterocycles. The Morgan fingerprint density at radius 1 is 1.09 bits per heavy atom. The van der Waals surface area contributed by atoms with E-state index in [1.54, 1.807) is 7.11 Å². The number of hydrogen-bond acceptors (Lipinski definition) is 3. The molecular formula is C18H26N2O3. The fourth-order valence-corrected chi connectivity index (χ4v) is 2.51. The van der Waals surface area contributed by atoms with Gasteiger partial charge in [-0.05, 0) is 43.4 Å². The van der Waals surface area contributed by atoms with Gasteiger partial charge in [0.2, 0.25) is 11.8 Å². The molecule has 0 spiro atoms. The highest BCUT2D eigenvalue weighted by atomic mass is 16.5. The number of rotatable bonds is 9. The molecule has 5 nitrogen and oxygen atoms in total. The normalized spacial score (nSPS) is 14.9. The van der Waals surface area contributed by atoms with Gasteiger partial charge in [0.25, 0.3) is 0 Å². The summed E-state index contributed by atoms with van der Waals surface area (Å²) in [6, 6.07) is 7.77. The van der Waals surface area contributed by atoms with Crippen LogP contribution in [0.25, 0.3) is 0 Å². The van der Waals surface area contributed by atoms with Crippen LogP contribution >= 0.6 is 0 Å². The van der Waals surface area contributed by atoms with E-state index in [0.717, 1.165) is 30.6 Å². The van der Waals surface area contributed by atoms with Crippen LogP contribution in [-0.4, -0.2) is 32.0 Å². The first kappa shape index (κ1) is 17.3. The lowest BCUT2D eigenvalue weighted by atomic mass is 10.0. The van der Waals surface area contributed by atoms with Crippen molar-refractivity contribution in [3.05, 3.63) is 29.8 Å².